The van der Waals surface area contributed by atoms with E-state index in [0.717, 1.165) is 55.3 Å². The van der Waals surface area contributed by atoms with Crippen molar-refractivity contribution >= 4 is 92.5 Å². The number of aromatic nitrogens is 6. The lowest BCUT2D eigenvalue weighted by Crippen LogP contribution is -2.10. The molecule has 250 valence electrons. The third-order valence-electron chi connectivity index (χ3n) is 10.1. The maximum atomic E-state index is 5.38. The lowest BCUT2D eigenvalue weighted by molar-refractivity contribution is 0.892. The van der Waals surface area contributed by atoms with Crippen LogP contribution in [0.2, 0.25) is 0 Å². The van der Waals surface area contributed by atoms with E-state index in [0.29, 0.717) is 17.7 Å². The van der Waals surface area contributed by atoms with Gasteiger partial charge in [0.15, 0.2) is 5.82 Å². The molecule has 0 saturated heterocycles. The number of hydrogen-bond donors (Lipinski definition) is 0. The normalized spacial score (nSPS) is 14.6. The maximum absolute atomic E-state index is 5.38. The summed E-state index contributed by atoms with van der Waals surface area (Å²) in [7, 11) is 0. The van der Waals surface area contributed by atoms with Gasteiger partial charge in [-0.15, -0.1) is 23.1 Å². The van der Waals surface area contributed by atoms with Gasteiger partial charge in [-0.2, -0.15) is 15.0 Å². The van der Waals surface area contributed by atoms with Gasteiger partial charge >= 0.3 is 0 Å². The highest BCUT2D eigenvalue weighted by molar-refractivity contribution is 7.99. The van der Waals surface area contributed by atoms with E-state index < -0.39 is 0 Å². The van der Waals surface area contributed by atoms with Crippen LogP contribution in [0.4, 0.5) is 0 Å². The largest absolute Gasteiger partial charge is 0.278 e. The first-order valence-corrected chi connectivity index (χ1v) is 19.3. The minimum absolute atomic E-state index is 0.542. The van der Waals surface area contributed by atoms with E-state index >= 15 is 0 Å². The van der Waals surface area contributed by atoms with Gasteiger partial charge in [-0.3, -0.25) is 14.1 Å². The molecule has 0 bridgehead atoms. The van der Waals surface area contributed by atoms with Crippen molar-refractivity contribution in [1.82, 2.24) is 29.1 Å². The van der Waals surface area contributed by atoms with Crippen LogP contribution in [0.3, 0.4) is 0 Å². The first-order valence-electron chi connectivity index (χ1n) is 17.4. The van der Waals surface area contributed by atoms with Crippen LogP contribution in [0.15, 0.2) is 157 Å². The first kappa shape index (κ1) is 30.3. The number of benzene rings is 5. The van der Waals surface area contributed by atoms with E-state index in [-0.39, 0.29) is 0 Å². The average Bonchev–Trinajstić information content (AvgIpc) is 3.88. The summed E-state index contributed by atoms with van der Waals surface area (Å²) >= 11 is 3.67. The fourth-order valence-corrected chi connectivity index (χ4v) is 10.1. The van der Waals surface area contributed by atoms with Gasteiger partial charge in [0.1, 0.15) is 0 Å². The van der Waals surface area contributed by atoms with Crippen molar-refractivity contribution in [3.05, 3.63) is 158 Å². The highest BCUT2D eigenvalue weighted by Crippen LogP contribution is 2.44. The Hall–Kier alpha value is -6.35. The minimum atomic E-state index is 0.542. The number of para-hydroxylation sites is 2. The van der Waals surface area contributed by atoms with Crippen LogP contribution in [-0.2, 0) is 0 Å². The Bertz CT molecular complexity index is 3200. The van der Waals surface area contributed by atoms with Crippen LogP contribution in [-0.4, -0.2) is 34.8 Å². The van der Waals surface area contributed by atoms with Gasteiger partial charge in [0.25, 0.3) is 0 Å². The van der Waals surface area contributed by atoms with Gasteiger partial charge in [0.05, 0.1) is 22.1 Å². The second-order valence-corrected chi connectivity index (χ2v) is 15.2. The number of hydrogen-bond acceptors (Lipinski definition) is 6. The fourth-order valence-electron chi connectivity index (χ4n) is 7.80. The third kappa shape index (κ3) is 4.59. The molecule has 10 aromatic rings. The molecule has 6 nitrogen and oxygen atoms in total. The smallest absolute Gasteiger partial charge is 0.240 e. The molecule has 0 aliphatic carbocycles. The zero-order valence-electron chi connectivity index (χ0n) is 28.3. The molecule has 5 aromatic heterocycles. The van der Waals surface area contributed by atoms with Crippen LogP contribution in [0.5, 0.6) is 0 Å². The highest BCUT2D eigenvalue weighted by atomic mass is 32.2. The molecule has 0 spiro atoms. The zero-order chi connectivity index (χ0) is 35.0. The Labute approximate surface area is 312 Å². The van der Waals surface area contributed by atoms with Crippen molar-refractivity contribution in [2.24, 2.45) is 0 Å². The second kappa shape index (κ2) is 11.8. The van der Waals surface area contributed by atoms with Crippen molar-refractivity contribution in [2.45, 2.75) is 4.90 Å². The van der Waals surface area contributed by atoms with Crippen molar-refractivity contribution in [3.8, 4) is 23.3 Å². The Kier molecular flexibility index (Phi) is 6.77. The van der Waals surface area contributed by atoms with Crippen molar-refractivity contribution in [3.63, 3.8) is 0 Å². The van der Waals surface area contributed by atoms with Crippen LogP contribution in [0.25, 0.3) is 92.6 Å². The number of pyridine rings is 1. The Morgan fingerprint density at radius 1 is 0.604 bits per heavy atom. The molecule has 0 unspecified atom stereocenters. The molecular formula is C45H28N6S2. The van der Waals surface area contributed by atoms with Crippen LogP contribution >= 0.6 is 23.1 Å². The first-order chi connectivity index (χ1) is 26.2. The molecule has 6 heterocycles. The Morgan fingerprint density at radius 3 is 2.08 bits per heavy atom. The van der Waals surface area contributed by atoms with E-state index in [1.165, 1.54) is 35.8 Å². The molecule has 53 heavy (non-hydrogen) atoms. The molecule has 1 aliphatic heterocycles. The molecule has 5 aromatic carbocycles. The maximum Gasteiger partial charge on any atom is 0.240 e. The van der Waals surface area contributed by atoms with Crippen molar-refractivity contribution in [2.75, 3.05) is 5.75 Å². The molecule has 11 rings (SSSR count). The van der Waals surface area contributed by atoms with Crippen LogP contribution in [0, 0.1) is 0 Å². The molecule has 0 fully saturated rings. The van der Waals surface area contributed by atoms with Gasteiger partial charge in [-0.05, 0) is 53.6 Å². The number of nitrogens with zero attached hydrogens (tertiary/aromatic N) is 6. The summed E-state index contributed by atoms with van der Waals surface area (Å²) in [5, 5.41) is 7.21. The summed E-state index contributed by atoms with van der Waals surface area (Å²) in [6, 6.07) is 38.5. The molecule has 0 atom stereocenters. The predicted octanol–water partition coefficient (Wildman–Crippen LogP) is 11.7. The van der Waals surface area contributed by atoms with E-state index in [2.05, 4.69) is 142 Å². The van der Waals surface area contributed by atoms with Crippen LogP contribution in [0.1, 0.15) is 5.56 Å². The Balaban J connectivity index is 1.24. The summed E-state index contributed by atoms with van der Waals surface area (Å²) in [4.78, 5) is 21.5. The monoisotopic (exact) mass is 716 g/mol. The average molecular weight is 717 g/mol. The number of thioether (sulfide) groups is 1. The minimum Gasteiger partial charge on any atom is -0.278 e. The SMILES string of the molecule is C=C1/C=C\C=C/CSc2c1ccc1c2c2ccccc2n1-c1nc(-c2cccnc2)nc(-n2c3ccccc3c3c4sc5ccccc5c4ccc32)n1. The lowest BCUT2D eigenvalue weighted by Gasteiger charge is -2.13. The predicted molar refractivity (Wildman–Crippen MR) is 223 cm³/mol. The topological polar surface area (TPSA) is 61.4 Å². The standard InChI is InChI=1S/C45H28N6S2/c1-27-12-3-2-10-25-52-41-29(27)20-22-36-39(41)32-15-4-7-17-34(32)50(36)44-47-43(28-13-11-24-46-26-28)48-45(49-44)51-35-18-8-5-16-33(35)40-37(51)23-21-31-30-14-6-9-19-38(30)53-42(31)40/h2-24,26H,1,25H2/b10-2-,12-3-. The molecule has 0 amide bonds. The van der Waals surface area contributed by atoms with Crippen LogP contribution < -0.4 is 0 Å². The molecule has 0 radical (unpaired) electrons. The third-order valence-corrected chi connectivity index (χ3v) is 12.4. The fraction of sp³-hybridized carbons (Fsp3) is 0.0222. The van der Waals surface area contributed by atoms with Crippen molar-refractivity contribution < 1.29 is 0 Å². The van der Waals surface area contributed by atoms with E-state index in [1.807, 2.05) is 41.4 Å². The molecule has 0 N–H and O–H groups in total. The summed E-state index contributed by atoms with van der Waals surface area (Å²) in [5.41, 5.74) is 7.08. The van der Waals surface area contributed by atoms with Gasteiger partial charge < -0.3 is 0 Å². The van der Waals surface area contributed by atoms with E-state index in [9.17, 15) is 0 Å². The second-order valence-electron chi connectivity index (χ2n) is 13.1. The summed E-state index contributed by atoms with van der Waals surface area (Å²) in [6.45, 7) is 4.44. The number of fused-ring (bicyclic) bond motifs is 12. The molecular weight excluding hydrogens is 689 g/mol. The van der Waals surface area contributed by atoms with Gasteiger partial charge in [-0.25, -0.2) is 0 Å². The van der Waals surface area contributed by atoms with E-state index in [4.69, 9.17) is 15.0 Å². The Morgan fingerprint density at radius 2 is 1.30 bits per heavy atom. The number of rotatable bonds is 3. The van der Waals surface area contributed by atoms with Gasteiger partial charge in [-0.1, -0.05) is 97.6 Å². The molecule has 0 saturated carbocycles. The lowest BCUT2D eigenvalue weighted by atomic mass is 10.0. The number of thiophene rings is 1. The quantitative estimate of drug-likeness (QED) is 0.182. The van der Waals surface area contributed by atoms with Gasteiger partial charge in [0.2, 0.25) is 11.9 Å². The zero-order valence-corrected chi connectivity index (χ0v) is 29.9. The molecule has 8 heteroatoms. The summed E-state index contributed by atoms with van der Waals surface area (Å²) < 4.78 is 6.93. The number of allylic oxidation sites excluding steroid dienone is 4. The van der Waals surface area contributed by atoms with Crippen molar-refractivity contribution in [1.29, 1.82) is 0 Å². The van der Waals surface area contributed by atoms with Gasteiger partial charge in [0, 0.05) is 70.3 Å². The summed E-state index contributed by atoms with van der Waals surface area (Å²) in [5.74, 6) is 2.50. The molecule has 1 aliphatic rings. The van der Waals surface area contributed by atoms with E-state index in [1.54, 1.807) is 6.20 Å². The summed E-state index contributed by atoms with van der Waals surface area (Å²) in [6.07, 6.45) is 12.0. The highest BCUT2D eigenvalue weighted by Gasteiger charge is 2.24.